The van der Waals surface area contributed by atoms with Crippen LogP contribution in [0.25, 0.3) is 0 Å². The molecule has 0 aliphatic carbocycles. The molecule has 1 unspecified atom stereocenters. The zero-order valence-corrected chi connectivity index (χ0v) is 12.3. The van der Waals surface area contributed by atoms with E-state index in [-0.39, 0.29) is 11.7 Å². The number of hydrogen-bond donors (Lipinski definition) is 2. The highest BCUT2D eigenvalue weighted by Gasteiger charge is 2.38. The van der Waals surface area contributed by atoms with Gasteiger partial charge in [0.25, 0.3) is 0 Å². The van der Waals surface area contributed by atoms with Crippen LogP contribution in [-0.4, -0.2) is 31.1 Å². The van der Waals surface area contributed by atoms with E-state index in [0.29, 0.717) is 17.9 Å². The molecule has 0 heterocycles. The molecule has 110 valence electrons. The van der Waals surface area contributed by atoms with E-state index in [4.69, 9.17) is 15.7 Å². The summed E-state index contributed by atoms with van der Waals surface area (Å²) in [6, 6.07) is 7.09. The number of amidine groups is 1. The number of anilines is 1. The van der Waals surface area contributed by atoms with Crippen molar-refractivity contribution in [3.63, 3.8) is 0 Å². The maximum atomic E-state index is 12.6. The second-order valence-corrected chi connectivity index (χ2v) is 4.73. The average molecular weight is 279 g/mol. The van der Waals surface area contributed by atoms with E-state index >= 15 is 0 Å². The third kappa shape index (κ3) is 2.84. The van der Waals surface area contributed by atoms with Gasteiger partial charge in [0, 0.05) is 12.7 Å². The number of hydrogen-bond acceptors (Lipinski definition) is 4. The van der Waals surface area contributed by atoms with Gasteiger partial charge in [-0.15, -0.1) is 0 Å². The highest BCUT2D eigenvalue weighted by Crippen LogP contribution is 2.27. The van der Waals surface area contributed by atoms with Crippen molar-refractivity contribution in [2.45, 2.75) is 20.3 Å². The number of oxime groups is 1. The van der Waals surface area contributed by atoms with Gasteiger partial charge in [-0.3, -0.25) is 4.79 Å². The molecule has 1 amide bonds. The molecule has 0 radical (unpaired) electrons. The Bertz CT molecular complexity index is 499. The molecule has 6 heteroatoms. The SMILES string of the molecule is CCC(C)(C(=O)N(C)c1ccc(OC)cc1)/C(N)=N/O. The Balaban J connectivity index is 3.05. The second-order valence-electron chi connectivity index (χ2n) is 4.73. The van der Waals surface area contributed by atoms with Crippen LogP contribution in [0.5, 0.6) is 5.75 Å². The third-order valence-electron chi connectivity index (χ3n) is 3.62. The molecule has 0 aliphatic heterocycles. The predicted molar refractivity (Wildman–Crippen MR) is 78.2 cm³/mol. The predicted octanol–water partition coefficient (Wildman–Crippen LogP) is 1.82. The number of nitrogens with zero attached hydrogens (tertiary/aromatic N) is 2. The molecule has 3 N–H and O–H groups in total. The van der Waals surface area contributed by atoms with E-state index in [2.05, 4.69) is 5.16 Å². The summed E-state index contributed by atoms with van der Waals surface area (Å²) in [6.07, 6.45) is 0.433. The van der Waals surface area contributed by atoms with Gasteiger partial charge in [0.05, 0.1) is 7.11 Å². The molecule has 1 aromatic carbocycles. The lowest BCUT2D eigenvalue weighted by Gasteiger charge is -2.30. The number of carbonyl (C=O) groups is 1. The van der Waals surface area contributed by atoms with E-state index in [1.165, 1.54) is 4.90 Å². The van der Waals surface area contributed by atoms with Crippen LogP contribution in [0.2, 0.25) is 0 Å². The summed E-state index contributed by atoms with van der Waals surface area (Å²) in [5.41, 5.74) is 5.33. The molecule has 0 fully saturated rings. The van der Waals surface area contributed by atoms with E-state index in [1.807, 2.05) is 6.92 Å². The van der Waals surface area contributed by atoms with Crippen LogP contribution in [0.15, 0.2) is 29.4 Å². The van der Waals surface area contributed by atoms with Crippen LogP contribution in [0.3, 0.4) is 0 Å². The van der Waals surface area contributed by atoms with Gasteiger partial charge in [0.2, 0.25) is 5.91 Å². The van der Waals surface area contributed by atoms with Gasteiger partial charge in [-0.1, -0.05) is 12.1 Å². The Kier molecular flexibility index (Phi) is 4.96. The topological polar surface area (TPSA) is 88.2 Å². The molecule has 1 atom stereocenters. The summed E-state index contributed by atoms with van der Waals surface area (Å²) < 4.78 is 5.08. The van der Waals surface area contributed by atoms with Gasteiger partial charge in [-0.2, -0.15) is 0 Å². The van der Waals surface area contributed by atoms with Crippen molar-refractivity contribution in [2.24, 2.45) is 16.3 Å². The molecule has 0 saturated heterocycles. The molecular weight excluding hydrogens is 258 g/mol. The normalized spacial score (nSPS) is 14.5. The molecule has 0 bridgehead atoms. The fourth-order valence-corrected chi connectivity index (χ4v) is 1.85. The molecule has 1 aromatic rings. The highest BCUT2D eigenvalue weighted by atomic mass is 16.5. The van der Waals surface area contributed by atoms with Gasteiger partial charge in [-0.25, -0.2) is 0 Å². The maximum Gasteiger partial charge on any atom is 0.240 e. The van der Waals surface area contributed by atoms with Crippen LogP contribution in [-0.2, 0) is 4.79 Å². The molecule has 20 heavy (non-hydrogen) atoms. The lowest BCUT2D eigenvalue weighted by molar-refractivity contribution is -0.124. The molecule has 1 rings (SSSR count). The number of ether oxygens (including phenoxy) is 1. The van der Waals surface area contributed by atoms with Gasteiger partial charge < -0.3 is 20.6 Å². The van der Waals surface area contributed by atoms with Crippen molar-refractivity contribution in [1.82, 2.24) is 0 Å². The standard InChI is InChI=1S/C14H21N3O3/c1-5-14(2,12(15)16-19)13(18)17(3)10-6-8-11(20-4)9-7-10/h6-9,19H,5H2,1-4H3,(H2,15,16). The number of methoxy groups -OCH3 is 1. The Labute approximate surface area is 118 Å². The molecule has 0 spiro atoms. The van der Waals surface area contributed by atoms with E-state index in [0.717, 1.165) is 0 Å². The first kappa shape index (κ1) is 15.8. The second kappa shape index (κ2) is 6.27. The van der Waals surface area contributed by atoms with Gasteiger partial charge in [0.15, 0.2) is 5.84 Å². The summed E-state index contributed by atoms with van der Waals surface area (Å²) in [4.78, 5) is 14.1. The number of benzene rings is 1. The van der Waals surface area contributed by atoms with Crippen LogP contribution in [0.1, 0.15) is 20.3 Å². The smallest absolute Gasteiger partial charge is 0.240 e. The number of nitrogens with two attached hydrogens (primary N) is 1. The summed E-state index contributed by atoms with van der Waals surface area (Å²) in [7, 11) is 3.24. The van der Waals surface area contributed by atoms with E-state index in [9.17, 15) is 4.79 Å². The Morgan fingerprint density at radius 3 is 2.40 bits per heavy atom. The Morgan fingerprint density at radius 1 is 1.45 bits per heavy atom. The van der Waals surface area contributed by atoms with E-state index in [1.54, 1.807) is 45.3 Å². The van der Waals surface area contributed by atoms with Gasteiger partial charge in [0.1, 0.15) is 11.2 Å². The van der Waals surface area contributed by atoms with Gasteiger partial charge in [-0.05, 0) is 37.6 Å². The van der Waals surface area contributed by atoms with Crippen LogP contribution in [0, 0.1) is 5.41 Å². The van der Waals surface area contributed by atoms with Crippen LogP contribution in [0.4, 0.5) is 5.69 Å². The zero-order chi connectivity index (χ0) is 15.3. The van der Waals surface area contributed by atoms with Crippen LogP contribution < -0.4 is 15.4 Å². The molecule has 0 saturated carbocycles. The molecular formula is C14H21N3O3. The van der Waals surface area contributed by atoms with Gasteiger partial charge >= 0.3 is 0 Å². The first-order valence-electron chi connectivity index (χ1n) is 6.31. The largest absolute Gasteiger partial charge is 0.497 e. The average Bonchev–Trinajstić information content (AvgIpc) is 2.51. The molecule has 6 nitrogen and oxygen atoms in total. The first-order chi connectivity index (χ1) is 9.40. The number of carbonyl (C=O) groups excluding carboxylic acids is 1. The fraction of sp³-hybridized carbons (Fsp3) is 0.429. The minimum absolute atomic E-state index is 0.0923. The quantitative estimate of drug-likeness (QED) is 0.372. The lowest BCUT2D eigenvalue weighted by Crippen LogP contribution is -2.48. The summed E-state index contributed by atoms with van der Waals surface area (Å²) in [6.45, 7) is 3.47. The van der Waals surface area contributed by atoms with Crippen molar-refractivity contribution >= 4 is 17.4 Å². The zero-order valence-electron chi connectivity index (χ0n) is 12.3. The van der Waals surface area contributed by atoms with Crippen molar-refractivity contribution in [3.05, 3.63) is 24.3 Å². The molecule has 0 aliphatic rings. The van der Waals surface area contributed by atoms with Crippen LogP contribution >= 0.6 is 0 Å². The lowest BCUT2D eigenvalue weighted by atomic mass is 9.84. The minimum atomic E-state index is -1.04. The maximum absolute atomic E-state index is 12.6. The third-order valence-corrected chi connectivity index (χ3v) is 3.62. The van der Waals surface area contributed by atoms with Crippen molar-refractivity contribution < 1.29 is 14.7 Å². The Morgan fingerprint density at radius 2 is 2.00 bits per heavy atom. The number of rotatable bonds is 5. The van der Waals surface area contributed by atoms with Crippen molar-refractivity contribution in [3.8, 4) is 5.75 Å². The monoisotopic (exact) mass is 279 g/mol. The highest BCUT2D eigenvalue weighted by molar-refractivity contribution is 6.12. The Hall–Kier alpha value is -2.24. The summed E-state index contributed by atoms with van der Waals surface area (Å²) in [5, 5.41) is 11.8. The molecule has 0 aromatic heterocycles. The minimum Gasteiger partial charge on any atom is -0.497 e. The van der Waals surface area contributed by atoms with E-state index < -0.39 is 5.41 Å². The summed E-state index contributed by atoms with van der Waals surface area (Å²) >= 11 is 0. The van der Waals surface area contributed by atoms with Crippen molar-refractivity contribution in [2.75, 3.05) is 19.1 Å². The fourth-order valence-electron chi connectivity index (χ4n) is 1.85. The summed E-state index contributed by atoms with van der Waals surface area (Å²) in [5.74, 6) is 0.384. The first-order valence-corrected chi connectivity index (χ1v) is 6.31. The number of amides is 1. The van der Waals surface area contributed by atoms with Crippen molar-refractivity contribution in [1.29, 1.82) is 0 Å².